The molecule has 3 nitrogen and oxygen atoms in total. The van der Waals surface area contributed by atoms with Crippen molar-refractivity contribution in [1.29, 1.82) is 0 Å². The fraction of sp³-hybridized carbons (Fsp3) is 0.600. The van der Waals surface area contributed by atoms with Crippen LogP contribution in [0.1, 0.15) is 55.6 Å². The van der Waals surface area contributed by atoms with Gasteiger partial charge in [0, 0.05) is 23.5 Å². The Balaban J connectivity index is 1.93. The van der Waals surface area contributed by atoms with Crippen molar-refractivity contribution >= 4 is 5.91 Å². The van der Waals surface area contributed by atoms with Crippen LogP contribution in [0.25, 0.3) is 0 Å². The summed E-state index contributed by atoms with van der Waals surface area (Å²) >= 11 is 0. The molecule has 1 aromatic heterocycles. The van der Waals surface area contributed by atoms with Gasteiger partial charge in [0.1, 0.15) is 0 Å². The summed E-state index contributed by atoms with van der Waals surface area (Å²) < 4.78 is 0. The zero-order chi connectivity index (χ0) is 13.2. The highest BCUT2D eigenvalue weighted by Crippen LogP contribution is 2.35. The number of carbonyl (C=O) groups is 1. The van der Waals surface area contributed by atoms with Gasteiger partial charge in [0.2, 0.25) is 0 Å². The van der Waals surface area contributed by atoms with Crippen molar-refractivity contribution in [3.05, 3.63) is 29.6 Å². The van der Waals surface area contributed by atoms with E-state index in [1.165, 1.54) is 12.8 Å². The van der Waals surface area contributed by atoms with Gasteiger partial charge in [-0.05, 0) is 50.2 Å². The van der Waals surface area contributed by atoms with E-state index >= 15 is 0 Å². The van der Waals surface area contributed by atoms with Crippen molar-refractivity contribution in [2.75, 3.05) is 0 Å². The smallest absolute Gasteiger partial charge is 0.251 e. The molecule has 1 aromatic rings. The highest BCUT2D eigenvalue weighted by atomic mass is 16.1. The van der Waals surface area contributed by atoms with E-state index < -0.39 is 0 Å². The van der Waals surface area contributed by atoms with Gasteiger partial charge < -0.3 is 5.32 Å². The monoisotopic (exact) mass is 246 g/mol. The van der Waals surface area contributed by atoms with E-state index in [0.29, 0.717) is 17.0 Å². The lowest BCUT2D eigenvalue weighted by atomic mass is 9.75. The largest absolute Gasteiger partial charge is 0.349 e. The second kappa shape index (κ2) is 5.09. The Morgan fingerprint density at radius 3 is 2.67 bits per heavy atom. The van der Waals surface area contributed by atoms with Crippen molar-refractivity contribution in [1.82, 2.24) is 10.3 Å². The molecule has 0 aliphatic heterocycles. The molecule has 0 aromatic carbocycles. The number of aryl methyl sites for hydroxylation is 1. The topological polar surface area (TPSA) is 42.0 Å². The van der Waals surface area contributed by atoms with Gasteiger partial charge in [0.25, 0.3) is 5.91 Å². The van der Waals surface area contributed by atoms with Gasteiger partial charge in [-0.1, -0.05) is 13.8 Å². The summed E-state index contributed by atoms with van der Waals surface area (Å²) in [6, 6.07) is 3.94. The van der Waals surface area contributed by atoms with Crippen LogP contribution in [-0.2, 0) is 0 Å². The van der Waals surface area contributed by atoms with Crippen LogP contribution in [-0.4, -0.2) is 16.9 Å². The highest BCUT2D eigenvalue weighted by molar-refractivity contribution is 5.94. The first kappa shape index (κ1) is 13.1. The van der Waals surface area contributed by atoms with Crippen LogP contribution < -0.4 is 5.32 Å². The number of hydrogen-bond acceptors (Lipinski definition) is 2. The third-order valence-corrected chi connectivity index (χ3v) is 3.83. The van der Waals surface area contributed by atoms with Crippen LogP contribution in [0, 0.1) is 12.3 Å². The maximum atomic E-state index is 12.1. The Bertz CT molecular complexity index is 430. The van der Waals surface area contributed by atoms with Crippen molar-refractivity contribution in [3.63, 3.8) is 0 Å². The number of aromatic nitrogens is 1. The van der Waals surface area contributed by atoms with E-state index in [1.807, 2.05) is 13.0 Å². The van der Waals surface area contributed by atoms with Crippen LogP contribution in [0.2, 0.25) is 0 Å². The molecular weight excluding hydrogens is 224 g/mol. The van der Waals surface area contributed by atoms with E-state index in [9.17, 15) is 4.79 Å². The summed E-state index contributed by atoms with van der Waals surface area (Å²) in [6.45, 7) is 6.51. The summed E-state index contributed by atoms with van der Waals surface area (Å²) in [5, 5.41) is 3.13. The molecule has 0 saturated heterocycles. The molecule has 0 bridgehead atoms. The van der Waals surface area contributed by atoms with Crippen LogP contribution in [0.4, 0.5) is 0 Å². The van der Waals surface area contributed by atoms with Gasteiger partial charge in [0.15, 0.2) is 0 Å². The average molecular weight is 246 g/mol. The lowest BCUT2D eigenvalue weighted by Gasteiger charge is -2.34. The Hall–Kier alpha value is -1.38. The minimum absolute atomic E-state index is 0.0326. The molecule has 1 saturated carbocycles. The average Bonchev–Trinajstić information content (AvgIpc) is 2.32. The molecule has 98 valence electrons. The molecule has 3 heteroatoms. The fourth-order valence-corrected chi connectivity index (χ4v) is 2.50. The van der Waals surface area contributed by atoms with Gasteiger partial charge in [-0.25, -0.2) is 0 Å². The second-order valence-electron chi connectivity index (χ2n) is 6.10. The summed E-state index contributed by atoms with van der Waals surface area (Å²) in [7, 11) is 0. The molecule has 1 heterocycles. The predicted molar refractivity (Wildman–Crippen MR) is 72.5 cm³/mol. The van der Waals surface area contributed by atoms with Crippen molar-refractivity contribution in [2.45, 2.75) is 52.5 Å². The summed E-state index contributed by atoms with van der Waals surface area (Å²) in [5.41, 5.74) is 2.04. The Morgan fingerprint density at radius 1 is 1.39 bits per heavy atom. The molecular formula is C15H22N2O. The highest BCUT2D eigenvalue weighted by Gasteiger charge is 2.27. The Morgan fingerprint density at radius 2 is 2.06 bits per heavy atom. The first-order chi connectivity index (χ1) is 8.46. The number of rotatable bonds is 2. The van der Waals surface area contributed by atoms with Crippen molar-refractivity contribution in [2.24, 2.45) is 5.41 Å². The number of nitrogens with zero attached hydrogens (tertiary/aromatic N) is 1. The minimum atomic E-state index is 0.0326. The van der Waals surface area contributed by atoms with Gasteiger partial charge in [-0.15, -0.1) is 0 Å². The lowest BCUT2D eigenvalue weighted by molar-refractivity contribution is 0.0909. The van der Waals surface area contributed by atoms with Crippen molar-refractivity contribution in [3.8, 4) is 0 Å². The Labute approximate surface area is 109 Å². The summed E-state index contributed by atoms with van der Waals surface area (Å²) in [6.07, 6.45) is 6.24. The molecule has 2 rings (SSSR count). The molecule has 0 unspecified atom stereocenters. The Kier molecular flexibility index (Phi) is 3.69. The molecule has 18 heavy (non-hydrogen) atoms. The van der Waals surface area contributed by atoms with Crippen LogP contribution >= 0.6 is 0 Å². The number of carbonyl (C=O) groups excluding carboxylic acids is 1. The molecule has 0 atom stereocenters. The first-order valence-electron chi connectivity index (χ1n) is 6.70. The van der Waals surface area contributed by atoms with Crippen LogP contribution in [0.3, 0.4) is 0 Å². The predicted octanol–water partition coefficient (Wildman–Crippen LogP) is 3.09. The van der Waals surface area contributed by atoms with E-state index in [1.54, 1.807) is 12.3 Å². The van der Waals surface area contributed by atoms with Gasteiger partial charge in [0.05, 0.1) is 0 Å². The molecule has 1 fully saturated rings. The SMILES string of the molecule is Cc1cc(C(=O)NC2CCC(C)(C)CC2)ccn1. The van der Waals surface area contributed by atoms with E-state index in [-0.39, 0.29) is 5.91 Å². The number of pyridine rings is 1. The van der Waals surface area contributed by atoms with Gasteiger partial charge in [-0.2, -0.15) is 0 Å². The van der Waals surface area contributed by atoms with Crippen molar-refractivity contribution < 1.29 is 4.79 Å². The van der Waals surface area contributed by atoms with Gasteiger partial charge in [-0.3, -0.25) is 9.78 Å². The third-order valence-electron chi connectivity index (χ3n) is 3.83. The normalized spacial score (nSPS) is 19.5. The number of nitrogens with one attached hydrogen (secondary N) is 1. The van der Waals surface area contributed by atoms with E-state index in [4.69, 9.17) is 0 Å². The minimum Gasteiger partial charge on any atom is -0.349 e. The first-order valence-corrected chi connectivity index (χ1v) is 6.70. The number of hydrogen-bond donors (Lipinski definition) is 1. The quantitative estimate of drug-likeness (QED) is 0.871. The molecule has 0 radical (unpaired) electrons. The lowest BCUT2D eigenvalue weighted by Crippen LogP contribution is -2.39. The molecule has 0 spiro atoms. The zero-order valence-electron chi connectivity index (χ0n) is 11.5. The summed E-state index contributed by atoms with van der Waals surface area (Å²) in [5.74, 6) is 0.0326. The van der Waals surface area contributed by atoms with E-state index in [2.05, 4.69) is 24.1 Å². The fourth-order valence-electron chi connectivity index (χ4n) is 2.50. The molecule has 1 amide bonds. The van der Waals surface area contributed by atoms with E-state index in [0.717, 1.165) is 18.5 Å². The van der Waals surface area contributed by atoms with Gasteiger partial charge >= 0.3 is 0 Å². The second-order valence-corrected chi connectivity index (χ2v) is 6.10. The molecule has 1 aliphatic carbocycles. The maximum absolute atomic E-state index is 12.1. The molecule has 1 N–H and O–H groups in total. The third kappa shape index (κ3) is 3.31. The maximum Gasteiger partial charge on any atom is 0.251 e. The standard InChI is InChI=1S/C15H22N2O/c1-11-10-12(6-9-16-11)14(18)17-13-4-7-15(2,3)8-5-13/h6,9-10,13H,4-5,7-8H2,1-3H3,(H,17,18). The summed E-state index contributed by atoms with van der Waals surface area (Å²) in [4.78, 5) is 16.2. The number of amides is 1. The zero-order valence-corrected chi connectivity index (χ0v) is 11.5. The van der Waals surface area contributed by atoms with Crippen LogP contribution in [0.5, 0.6) is 0 Å². The van der Waals surface area contributed by atoms with Crippen LogP contribution in [0.15, 0.2) is 18.3 Å². The molecule has 1 aliphatic rings.